The summed E-state index contributed by atoms with van der Waals surface area (Å²) in [5.74, 6) is -1.05. The van der Waals surface area contributed by atoms with Crippen LogP contribution in [0.15, 0.2) is 72.8 Å². The molecule has 0 saturated heterocycles. The Bertz CT molecular complexity index is 998. The van der Waals surface area contributed by atoms with Crippen LogP contribution in [-0.2, 0) is 4.74 Å². The van der Waals surface area contributed by atoms with Crippen molar-refractivity contribution in [2.75, 3.05) is 12.0 Å². The van der Waals surface area contributed by atoms with Crippen LogP contribution >= 0.6 is 0 Å². The van der Waals surface area contributed by atoms with Crippen LogP contribution in [0, 0.1) is 0 Å². The summed E-state index contributed by atoms with van der Waals surface area (Å²) in [6.07, 6.45) is -0.547. The molecule has 0 unspecified atom stereocenters. The Morgan fingerprint density at radius 1 is 0.889 bits per heavy atom. The lowest BCUT2D eigenvalue weighted by Gasteiger charge is -2.29. The number of ether oxygens (including phenoxy) is 1. The maximum absolute atomic E-state index is 12.8. The number of carbonyl (C=O) groups is 2. The summed E-state index contributed by atoms with van der Waals surface area (Å²) >= 11 is 0. The summed E-state index contributed by atoms with van der Waals surface area (Å²) < 4.78 is 5.05. The third-order valence-electron chi connectivity index (χ3n) is 4.80. The molecule has 5 heteroatoms. The summed E-state index contributed by atoms with van der Waals surface area (Å²) in [4.78, 5) is 25.7. The van der Waals surface area contributed by atoms with Crippen LogP contribution in [-0.4, -0.2) is 24.3 Å². The first-order chi connectivity index (χ1) is 13.1. The van der Waals surface area contributed by atoms with Crippen LogP contribution < -0.4 is 4.90 Å². The quantitative estimate of drug-likeness (QED) is 0.734. The number of amides is 1. The normalized spacial score (nSPS) is 12.2. The zero-order chi connectivity index (χ0) is 19.0. The molecule has 0 bridgehead atoms. The van der Waals surface area contributed by atoms with Gasteiger partial charge in [0.25, 0.3) is 0 Å². The number of methoxy groups -OCH3 is 1. The maximum atomic E-state index is 12.8. The number of hydrogen-bond donors (Lipinski definition) is 1. The van der Waals surface area contributed by atoms with E-state index in [1.165, 1.54) is 24.1 Å². The fraction of sp³-hybridized carbons (Fsp3) is 0.0909. The van der Waals surface area contributed by atoms with Crippen molar-refractivity contribution in [2.45, 2.75) is 6.04 Å². The first-order valence-electron chi connectivity index (χ1n) is 8.50. The zero-order valence-electron chi connectivity index (χ0n) is 14.6. The summed E-state index contributed by atoms with van der Waals surface area (Å²) in [6.45, 7) is 0. The van der Waals surface area contributed by atoms with Crippen LogP contribution in [0.3, 0.4) is 0 Å². The summed E-state index contributed by atoms with van der Waals surface area (Å²) in [6, 6.07) is 21.7. The summed E-state index contributed by atoms with van der Waals surface area (Å²) in [5, 5.41) is 9.33. The Hall–Kier alpha value is -3.60. The molecule has 0 aromatic heterocycles. The minimum Gasteiger partial charge on any atom is -0.478 e. The van der Waals surface area contributed by atoms with Crippen molar-refractivity contribution < 1.29 is 19.4 Å². The maximum Gasteiger partial charge on any atom is 0.414 e. The van der Waals surface area contributed by atoms with E-state index in [1.54, 1.807) is 12.1 Å². The van der Waals surface area contributed by atoms with E-state index in [0.717, 1.165) is 22.3 Å². The number of carboxylic acids is 1. The number of nitrogens with zero attached hydrogens (tertiary/aromatic N) is 1. The molecule has 0 saturated carbocycles. The van der Waals surface area contributed by atoms with Crippen molar-refractivity contribution in [1.82, 2.24) is 0 Å². The van der Waals surface area contributed by atoms with Crippen LogP contribution in [0.25, 0.3) is 11.1 Å². The molecule has 3 aromatic rings. The molecule has 0 heterocycles. The van der Waals surface area contributed by atoms with Gasteiger partial charge in [0.1, 0.15) is 0 Å². The Kier molecular flexibility index (Phi) is 4.12. The highest BCUT2D eigenvalue weighted by molar-refractivity contribution is 5.95. The molecule has 1 aliphatic rings. The Morgan fingerprint density at radius 3 is 2.04 bits per heavy atom. The summed E-state index contributed by atoms with van der Waals surface area (Å²) in [7, 11) is 1.32. The SMILES string of the molecule is COC(=O)N(c1cccc(C(=O)O)c1)C1c2ccccc2-c2ccccc21. The largest absolute Gasteiger partial charge is 0.478 e. The molecular formula is C22H17NO4. The van der Waals surface area contributed by atoms with Gasteiger partial charge in [0, 0.05) is 5.69 Å². The molecule has 4 rings (SSSR count). The highest BCUT2D eigenvalue weighted by atomic mass is 16.5. The first kappa shape index (κ1) is 16.8. The Labute approximate surface area is 156 Å². The van der Waals surface area contributed by atoms with Crippen molar-refractivity contribution in [1.29, 1.82) is 0 Å². The van der Waals surface area contributed by atoms with Gasteiger partial charge < -0.3 is 9.84 Å². The average molecular weight is 359 g/mol. The van der Waals surface area contributed by atoms with Crippen molar-refractivity contribution in [2.24, 2.45) is 0 Å². The second-order valence-electron chi connectivity index (χ2n) is 6.27. The van der Waals surface area contributed by atoms with Gasteiger partial charge in [0.15, 0.2) is 0 Å². The number of anilines is 1. The zero-order valence-corrected chi connectivity index (χ0v) is 14.6. The van der Waals surface area contributed by atoms with E-state index in [4.69, 9.17) is 4.74 Å². The van der Waals surface area contributed by atoms with Crippen LogP contribution in [0.1, 0.15) is 27.5 Å². The van der Waals surface area contributed by atoms with Crippen LogP contribution in [0.4, 0.5) is 10.5 Å². The predicted octanol–water partition coefficient (Wildman–Crippen LogP) is 4.73. The van der Waals surface area contributed by atoms with Gasteiger partial charge in [-0.1, -0.05) is 54.6 Å². The molecule has 1 N–H and O–H groups in total. The Balaban J connectivity index is 1.93. The van der Waals surface area contributed by atoms with Gasteiger partial charge in [-0.25, -0.2) is 9.59 Å². The van der Waals surface area contributed by atoms with Crippen LogP contribution in [0.5, 0.6) is 0 Å². The van der Waals surface area contributed by atoms with Gasteiger partial charge in [-0.3, -0.25) is 4.90 Å². The van der Waals surface area contributed by atoms with E-state index < -0.39 is 18.1 Å². The minimum atomic E-state index is -1.05. The molecule has 1 aliphatic carbocycles. The third kappa shape index (κ3) is 2.73. The number of benzene rings is 3. The van der Waals surface area contributed by atoms with Gasteiger partial charge in [0.2, 0.25) is 0 Å². The number of hydrogen-bond acceptors (Lipinski definition) is 3. The fourth-order valence-corrected chi connectivity index (χ4v) is 3.65. The van der Waals surface area contributed by atoms with E-state index in [-0.39, 0.29) is 5.56 Å². The molecule has 0 atom stereocenters. The number of aromatic carboxylic acids is 1. The standard InChI is InChI=1S/C22H17NO4/c1-27-22(26)23(15-8-6-7-14(13-15)21(24)25)20-18-11-4-2-9-16(18)17-10-3-5-12-19(17)20/h2-13,20H,1H3,(H,24,25). The monoisotopic (exact) mass is 359 g/mol. The van der Waals surface area contributed by atoms with Gasteiger partial charge in [0.05, 0.1) is 18.7 Å². The van der Waals surface area contributed by atoms with Gasteiger partial charge in [-0.15, -0.1) is 0 Å². The van der Waals surface area contributed by atoms with Crippen molar-refractivity contribution >= 4 is 17.7 Å². The van der Waals surface area contributed by atoms with E-state index in [1.807, 2.05) is 48.5 Å². The minimum absolute atomic E-state index is 0.112. The van der Waals surface area contributed by atoms with Gasteiger partial charge in [-0.05, 0) is 40.5 Å². The van der Waals surface area contributed by atoms with Crippen molar-refractivity contribution in [3.8, 4) is 11.1 Å². The highest BCUT2D eigenvalue weighted by Gasteiger charge is 2.36. The van der Waals surface area contributed by atoms with Crippen molar-refractivity contribution in [3.63, 3.8) is 0 Å². The lowest BCUT2D eigenvalue weighted by atomic mass is 10.0. The van der Waals surface area contributed by atoms with Crippen molar-refractivity contribution in [3.05, 3.63) is 89.5 Å². The van der Waals surface area contributed by atoms with E-state index >= 15 is 0 Å². The molecule has 0 radical (unpaired) electrons. The lowest BCUT2D eigenvalue weighted by Crippen LogP contribution is -2.34. The highest BCUT2D eigenvalue weighted by Crippen LogP contribution is 2.47. The smallest absolute Gasteiger partial charge is 0.414 e. The number of rotatable bonds is 3. The number of carboxylic acid groups (broad SMARTS) is 1. The molecule has 0 spiro atoms. The molecular weight excluding hydrogens is 342 g/mol. The first-order valence-corrected chi connectivity index (χ1v) is 8.50. The predicted molar refractivity (Wildman–Crippen MR) is 102 cm³/mol. The van der Waals surface area contributed by atoms with E-state index in [2.05, 4.69) is 0 Å². The molecule has 27 heavy (non-hydrogen) atoms. The second-order valence-corrected chi connectivity index (χ2v) is 6.27. The topological polar surface area (TPSA) is 66.8 Å². The summed E-state index contributed by atoms with van der Waals surface area (Å²) in [5.41, 5.74) is 4.65. The Morgan fingerprint density at radius 2 is 1.48 bits per heavy atom. The number of fused-ring (bicyclic) bond motifs is 3. The molecule has 134 valence electrons. The molecule has 3 aromatic carbocycles. The average Bonchev–Trinajstić information content (AvgIpc) is 3.03. The molecule has 0 aliphatic heterocycles. The number of carbonyl (C=O) groups excluding carboxylic acids is 1. The third-order valence-corrected chi connectivity index (χ3v) is 4.80. The van der Waals surface area contributed by atoms with Gasteiger partial charge >= 0.3 is 12.1 Å². The van der Waals surface area contributed by atoms with E-state index in [9.17, 15) is 14.7 Å². The second kappa shape index (κ2) is 6.61. The molecule has 5 nitrogen and oxygen atoms in total. The lowest BCUT2D eigenvalue weighted by molar-refractivity contribution is 0.0696. The van der Waals surface area contributed by atoms with Crippen LogP contribution in [0.2, 0.25) is 0 Å². The van der Waals surface area contributed by atoms with Gasteiger partial charge in [-0.2, -0.15) is 0 Å². The molecule has 0 fully saturated rings. The molecule has 1 amide bonds. The van der Waals surface area contributed by atoms with E-state index in [0.29, 0.717) is 5.69 Å². The fourth-order valence-electron chi connectivity index (χ4n) is 3.65.